The molecule has 0 aromatic carbocycles. The summed E-state index contributed by atoms with van der Waals surface area (Å²) < 4.78 is 40.2. The Kier molecular flexibility index (Phi) is 3.30. The topological polar surface area (TPSA) is 52.7 Å². The Morgan fingerprint density at radius 1 is 1.33 bits per heavy atom. The Hall–Kier alpha value is -2.12. The molecule has 2 heterocycles. The molecule has 0 amide bonds. The van der Waals surface area contributed by atoms with Crippen LogP contribution < -0.4 is 5.56 Å². The highest BCUT2D eigenvalue weighted by atomic mass is 19.4. The maximum Gasteiger partial charge on any atom is 0.418 e. The number of aromatic nitrogens is 4. The largest absolute Gasteiger partial charge is 0.418 e. The third kappa shape index (κ3) is 2.84. The number of rotatable bonds is 3. The van der Waals surface area contributed by atoms with E-state index in [0.717, 1.165) is 17.5 Å². The lowest BCUT2D eigenvalue weighted by molar-refractivity contribution is -0.138. The molecule has 0 N–H and O–H groups in total. The van der Waals surface area contributed by atoms with Gasteiger partial charge in [0.25, 0.3) is 5.56 Å². The van der Waals surface area contributed by atoms with E-state index in [4.69, 9.17) is 0 Å². The van der Waals surface area contributed by atoms with Gasteiger partial charge < -0.3 is 0 Å². The lowest BCUT2D eigenvalue weighted by atomic mass is 9.93. The predicted molar refractivity (Wildman–Crippen MR) is 67.7 cm³/mol. The van der Waals surface area contributed by atoms with Crippen molar-refractivity contribution in [2.75, 3.05) is 0 Å². The van der Waals surface area contributed by atoms with E-state index in [1.165, 1.54) is 6.42 Å². The van der Waals surface area contributed by atoms with Crippen molar-refractivity contribution in [1.82, 2.24) is 19.6 Å². The molecule has 0 aliphatic heterocycles. The molecule has 1 aliphatic rings. The van der Waals surface area contributed by atoms with E-state index in [1.807, 2.05) is 10.9 Å². The van der Waals surface area contributed by atoms with Crippen LogP contribution in [0, 0.1) is 0 Å². The summed E-state index contributed by atoms with van der Waals surface area (Å²) in [7, 11) is 0. The van der Waals surface area contributed by atoms with Crippen LogP contribution in [0.3, 0.4) is 0 Å². The third-order valence-corrected chi connectivity index (χ3v) is 3.62. The zero-order valence-electron chi connectivity index (χ0n) is 11.0. The molecule has 0 atom stereocenters. The summed E-state index contributed by atoms with van der Waals surface area (Å²) in [5, 5.41) is 7.90. The Balaban J connectivity index is 1.78. The van der Waals surface area contributed by atoms with Crippen LogP contribution in [0.15, 0.2) is 29.3 Å². The number of nitrogens with zero attached hydrogens (tertiary/aromatic N) is 4. The van der Waals surface area contributed by atoms with Crippen LogP contribution in [0.2, 0.25) is 0 Å². The first-order valence-corrected chi connectivity index (χ1v) is 6.62. The van der Waals surface area contributed by atoms with Gasteiger partial charge in [-0.3, -0.25) is 9.48 Å². The standard InChI is InChI=1S/C13H13F3N4O/c14-13(15,16)9-6-12(21)20(17-7-9)8-10-4-5-19(18-10)11-2-1-3-11/h4-7,11H,1-3,8H2. The SMILES string of the molecule is O=c1cc(C(F)(F)F)cnn1Cc1ccn(C2CCC2)n1. The number of hydrogen-bond acceptors (Lipinski definition) is 3. The van der Waals surface area contributed by atoms with Crippen molar-refractivity contribution in [2.24, 2.45) is 0 Å². The van der Waals surface area contributed by atoms with Crippen molar-refractivity contribution in [3.63, 3.8) is 0 Å². The predicted octanol–water partition coefficient (Wildman–Crippen LogP) is 2.23. The normalized spacial score (nSPS) is 16.0. The first kappa shape index (κ1) is 13.8. The summed E-state index contributed by atoms with van der Waals surface area (Å²) in [6.07, 6.45) is 1.27. The van der Waals surface area contributed by atoms with Crippen LogP contribution in [0.1, 0.15) is 36.6 Å². The molecule has 3 rings (SSSR count). The zero-order chi connectivity index (χ0) is 15.0. The molecule has 2 aromatic heterocycles. The van der Waals surface area contributed by atoms with Gasteiger partial charge in [0.05, 0.1) is 30.0 Å². The first-order chi connectivity index (χ1) is 9.93. The number of hydrogen-bond donors (Lipinski definition) is 0. The molecule has 0 unspecified atom stereocenters. The molecule has 1 saturated carbocycles. The second-order valence-electron chi connectivity index (χ2n) is 5.11. The summed E-state index contributed by atoms with van der Waals surface area (Å²) in [6.45, 7) is 0.0662. The van der Waals surface area contributed by atoms with Crippen LogP contribution in [-0.4, -0.2) is 19.6 Å². The van der Waals surface area contributed by atoms with E-state index in [1.54, 1.807) is 6.07 Å². The van der Waals surface area contributed by atoms with Crippen molar-refractivity contribution >= 4 is 0 Å². The summed E-state index contributed by atoms with van der Waals surface area (Å²) >= 11 is 0. The monoisotopic (exact) mass is 298 g/mol. The molecular formula is C13H13F3N4O. The van der Waals surface area contributed by atoms with Crippen LogP contribution in [0.4, 0.5) is 13.2 Å². The van der Waals surface area contributed by atoms with Gasteiger partial charge in [-0.15, -0.1) is 0 Å². The van der Waals surface area contributed by atoms with Gasteiger partial charge in [-0.05, 0) is 25.3 Å². The lowest BCUT2D eigenvalue weighted by Gasteiger charge is -2.25. The maximum absolute atomic E-state index is 12.5. The van der Waals surface area contributed by atoms with Crippen molar-refractivity contribution in [3.8, 4) is 0 Å². The summed E-state index contributed by atoms with van der Waals surface area (Å²) in [5.41, 5.74) is -1.22. The molecular weight excluding hydrogens is 285 g/mol. The Morgan fingerprint density at radius 3 is 2.67 bits per heavy atom. The van der Waals surface area contributed by atoms with Crippen LogP contribution in [-0.2, 0) is 12.7 Å². The van der Waals surface area contributed by atoms with E-state index < -0.39 is 17.3 Å². The molecule has 8 heteroatoms. The Labute approximate surface area is 118 Å². The zero-order valence-corrected chi connectivity index (χ0v) is 11.0. The van der Waals surface area contributed by atoms with E-state index >= 15 is 0 Å². The van der Waals surface area contributed by atoms with E-state index in [2.05, 4.69) is 10.2 Å². The Bertz CT molecular complexity index is 700. The molecule has 21 heavy (non-hydrogen) atoms. The fourth-order valence-electron chi connectivity index (χ4n) is 2.18. The minimum Gasteiger partial charge on any atom is -0.269 e. The molecule has 0 radical (unpaired) electrons. The molecule has 0 saturated heterocycles. The van der Waals surface area contributed by atoms with Crippen LogP contribution in [0.25, 0.3) is 0 Å². The van der Waals surface area contributed by atoms with Crippen molar-refractivity contribution in [3.05, 3.63) is 46.1 Å². The second-order valence-corrected chi connectivity index (χ2v) is 5.11. The Morgan fingerprint density at radius 2 is 2.10 bits per heavy atom. The van der Waals surface area contributed by atoms with Gasteiger partial charge >= 0.3 is 6.18 Å². The van der Waals surface area contributed by atoms with Gasteiger partial charge in [0.15, 0.2) is 0 Å². The minimum atomic E-state index is -4.56. The van der Waals surface area contributed by atoms with Gasteiger partial charge in [0.2, 0.25) is 0 Å². The molecule has 2 aromatic rings. The lowest BCUT2D eigenvalue weighted by Crippen LogP contribution is -2.25. The van der Waals surface area contributed by atoms with E-state index in [-0.39, 0.29) is 6.54 Å². The third-order valence-electron chi connectivity index (χ3n) is 3.62. The highest BCUT2D eigenvalue weighted by Crippen LogP contribution is 2.30. The molecule has 0 bridgehead atoms. The molecule has 0 spiro atoms. The summed E-state index contributed by atoms with van der Waals surface area (Å²) in [4.78, 5) is 11.7. The highest BCUT2D eigenvalue weighted by molar-refractivity contribution is 5.11. The fourth-order valence-corrected chi connectivity index (χ4v) is 2.18. The molecule has 1 fully saturated rings. The summed E-state index contributed by atoms with van der Waals surface area (Å²) in [6, 6.07) is 2.70. The van der Waals surface area contributed by atoms with Crippen LogP contribution >= 0.6 is 0 Å². The average Bonchev–Trinajstić information content (AvgIpc) is 2.76. The van der Waals surface area contributed by atoms with Gasteiger partial charge in [0.1, 0.15) is 0 Å². The van der Waals surface area contributed by atoms with Crippen LogP contribution in [0.5, 0.6) is 0 Å². The molecule has 5 nitrogen and oxygen atoms in total. The van der Waals surface area contributed by atoms with Crippen molar-refractivity contribution in [1.29, 1.82) is 0 Å². The van der Waals surface area contributed by atoms with Crippen molar-refractivity contribution in [2.45, 2.75) is 38.0 Å². The quantitative estimate of drug-likeness (QED) is 0.873. The maximum atomic E-state index is 12.5. The van der Waals surface area contributed by atoms with Gasteiger partial charge in [-0.1, -0.05) is 0 Å². The highest BCUT2D eigenvalue weighted by Gasteiger charge is 2.31. The second kappa shape index (κ2) is 5.01. The van der Waals surface area contributed by atoms with Crippen molar-refractivity contribution < 1.29 is 13.2 Å². The fraction of sp³-hybridized carbons (Fsp3) is 0.462. The first-order valence-electron chi connectivity index (χ1n) is 6.62. The van der Waals surface area contributed by atoms with Gasteiger partial charge in [-0.25, -0.2) is 4.68 Å². The van der Waals surface area contributed by atoms with Gasteiger partial charge in [0, 0.05) is 12.3 Å². The smallest absolute Gasteiger partial charge is 0.269 e. The van der Waals surface area contributed by atoms with E-state index in [0.29, 0.717) is 24.0 Å². The summed E-state index contributed by atoms with van der Waals surface area (Å²) in [5.74, 6) is 0. The van der Waals surface area contributed by atoms with Gasteiger partial charge in [-0.2, -0.15) is 23.4 Å². The number of alkyl halides is 3. The molecule has 112 valence electrons. The average molecular weight is 298 g/mol. The minimum absolute atomic E-state index is 0.0662. The molecule has 1 aliphatic carbocycles. The van der Waals surface area contributed by atoms with E-state index in [9.17, 15) is 18.0 Å². The number of halogens is 3.